The monoisotopic (exact) mass is 291 g/mol. The predicted octanol–water partition coefficient (Wildman–Crippen LogP) is 2.49. The normalized spacial score (nSPS) is 16.9. The number of aryl methyl sites for hydroxylation is 1. The van der Waals surface area contributed by atoms with E-state index < -0.39 is 0 Å². The SMILES string of the molecule is CC(c1ccc(Cl)cc1)N1CCc2c(n(C)[nH]c2=O)C1. The lowest BCUT2D eigenvalue weighted by Gasteiger charge is -2.32. The zero-order chi connectivity index (χ0) is 14.3. The first kappa shape index (κ1) is 13.5. The number of hydrogen-bond donors (Lipinski definition) is 1. The van der Waals surface area contributed by atoms with Crippen LogP contribution in [0.2, 0.25) is 5.02 Å². The van der Waals surface area contributed by atoms with Gasteiger partial charge in [-0.25, -0.2) is 0 Å². The van der Waals surface area contributed by atoms with Crippen molar-refractivity contribution >= 4 is 11.6 Å². The number of hydrogen-bond acceptors (Lipinski definition) is 2. The Morgan fingerprint density at radius 2 is 2.00 bits per heavy atom. The summed E-state index contributed by atoms with van der Waals surface area (Å²) in [5.74, 6) is 0. The minimum absolute atomic E-state index is 0.0568. The van der Waals surface area contributed by atoms with Crippen molar-refractivity contribution in [3.63, 3.8) is 0 Å². The molecule has 3 rings (SSSR count). The highest BCUT2D eigenvalue weighted by atomic mass is 35.5. The Morgan fingerprint density at radius 3 is 2.70 bits per heavy atom. The molecular weight excluding hydrogens is 274 g/mol. The summed E-state index contributed by atoms with van der Waals surface area (Å²) in [6.45, 7) is 3.90. The second-order valence-electron chi connectivity index (χ2n) is 5.37. The van der Waals surface area contributed by atoms with Crippen LogP contribution in [0, 0.1) is 0 Å². The van der Waals surface area contributed by atoms with Crippen LogP contribution in [0.3, 0.4) is 0 Å². The number of aromatic amines is 1. The summed E-state index contributed by atoms with van der Waals surface area (Å²) in [6, 6.07) is 8.30. The van der Waals surface area contributed by atoms with Gasteiger partial charge in [0.15, 0.2) is 0 Å². The van der Waals surface area contributed by atoms with Gasteiger partial charge in [0, 0.05) is 36.8 Å². The molecule has 1 atom stereocenters. The highest BCUT2D eigenvalue weighted by molar-refractivity contribution is 6.30. The summed E-state index contributed by atoms with van der Waals surface area (Å²) in [7, 11) is 1.90. The molecule has 1 aromatic carbocycles. The van der Waals surface area contributed by atoms with E-state index in [1.807, 2.05) is 23.9 Å². The Morgan fingerprint density at radius 1 is 1.30 bits per heavy atom. The van der Waals surface area contributed by atoms with Gasteiger partial charge in [-0.05, 0) is 31.0 Å². The first-order chi connectivity index (χ1) is 9.56. The van der Waals surface area contributed by atoms with Gasteiger partial charge >= 0.3 is 0 Å². The van der Waals surface area contributed by atoms with Gasteiger partial charge in [0.1, 0.15) is 0 Å². The second-order valence-corrected chi connectivity index (χ2v) is 5.81. The van der Waals surface area contributed by atoms with Crippen molar-refractivity contribution < 1.29 is 0 Å². The van der Waals surface area contributed by atoms with Crippen LogP contribution < -0.4 is 5.56 Å². The van der Waals surface area contributed by atoms with Crippen LogP contribution in [0.15, 0.2) is 29.1 Å². The van der Waals surface area contributed by atoms with Gasteiger partial charge in [-0.1, -0.05) is 23.7 Å². The van der Waals surface area contributed by atoms with Crippen LogP contribution in [-0.2, 0) is 20.0 Å². The van der Waals surface area contributed by atoms with E-state index in [0.29, 0.717) is 6.04 Å². The third-order valence-corrected chi connectivity index (χ3v) is 4.45. The number of benzene rings is 1. The molecule has 0 aliphatic carbocycles. The van der Waals surface area contributed by atoms with Crippen molar-refractivity contribution in [2.24, 2.45) is 7.05 Å². The van der Waals surface area contributed by atoms with Gasteiger partial charge in [-0.3, -0.25) is 19.5 Å². The Bertz CT molecular complexity index is 671. The third kappa shape index (κ3) is 2.30. The van der Waals surface area contributed by atoms with Crippen molar-refractivity contribution in [2.45, 2.75) is 25.9 Å². The molecule has 2 heterocycles. The van der Waals surface area contributed by atoms with Crippen LogP contribution in [0.4, 0.5) is 0 Å². The number of H-pyrrole nitrogens is 1. The number of aromatic nitrogens is 2. The average molecular weight is 292 g/mol. The lowest BCUT2D eigenvalue weighted by molar-refractivity contribution is 0.186. The molecule has 106 valence electrons. The molecule has 0 bridgehead atoms. The first-order valence-corrected chi connectivity index (χ1v) is 7.20. The zero-order valence-corrected chi connectivity index (χ0v) is 12.4. The largest absolute Gasteiger partial charge is 0.291 e. The highest BCUT2D eigenvalue weighted by Crippen LogP contribution is 2.26. The molecule has 0 spiro atoms. The molecule has 1 aliphatic heterocycles. The molecule has 1 aliphatic rings. The lowest BCUT2D eigenvalue weighted by Crippen LogP contribution is -2.34. The quantitative estimate of drug-likeness (QED) is 0.923. The van der Waals surface area contributed by atoms with E-state index in [1.54, 1.807) is 0 Å². The Balaban J connectivity index is 1.84. The number of nitrogens with one attached hydrogen (secondary N) is 1. The van der Waals surface area contributed by atoms with E-state index in [1.165, 1.54) is 5.56 Å². The standard InChI is InChI=1S/C15H18ClN3O/c1-10(11-3-5-12(16)6-4-11)19-8-7-13-14(9-19)18(2)17-15(13)20/h3-6,10H,7-9H2,1-2H3,(H,17,20). The topological polar surface area (TPSA) is 41.0 Å². The molecule has 20 heavy (non-hydrogen) atoms. The van der Waals surface area contributed by atoms with E-state index in [0.717, 1.165) is 35.8 Å². The average Bonchev–Trinajstić information content (AvgIpc) is 2.74. The number of halogens is 1. The minimum Gasteiger partial charge on any atom is -0.291 e. The van der Waals surface area contributed by atoms with E-state index >= 15 is 0 Å². The molecule has 0 amide bonds. The maximum Gasteiger partial charge on any atom is 0.267 e. The summed E-state index contributed by atoms with van der Waals surface area (Å²) >= 11 is 5.94. The van der Waals surface area contributed by atoms with Gasteiger partial charge in [-0.15, -0.1) is 0 Å². The molecule has 0 saturated carbocycles. The Labute approximate surface area is 123 Å². The maximum absolute atomic E-state index is 11.8. The maximum atomic E-state index is 11.8. The number of nitrogens with zero attached hydrogens (tertiary/aromatic N) is 2. The van der Waals surface area contributed by atoms with E-state index in [-0.39, 0.29) is 5.56 Å². The van der Waals surface area contributed by atoms with Crippen molar-refractivity contribution in [1.82, 2.24) is 14.7 Å². The molecule has 1 unspecified atom stereocenters. The molecule has 2 aromatic rings. The summed E-state index contributed by atoms with van der Waals surface area (Å²) in [5, 5.41) is 3.60. The van der Waals surface area contributed by atoms with Gasteiger partial charge in [-0.2, -0.15) is 0 Å². The molecule has 1 N–H and O–H groups in total. The van der Waals surface area contributed by atoms with Gasteiger partial charge in [0.25, 0.3) is 5.56 Å². The van der Waals surface area contributed by atoms with Crippen LogP contribution >= 0.6 is 11.6 Å². The van der Waals surface area contributed by atoms with Crippen LogP contribution in [0.25, 0.3) is 0 Å². The zero-order valence-electron chi connectivity index (χ0n) is 11.7. The van der Waals surface area contributed by atoms with Crippen molar-refractivity contribution in [3.8, 4) is 0 Å². The molecule has 0 saturated heterocycles. The van der Waals surface area contributed by atoms with Gasteiger partial charge < -0.3 is 0 Å². The van der Waals surface area contributed by atoms with E-state index in [2.05, 4.69) is 29.1 Å². The van der Waals surface area contributed by atoms with Gasteiger partial charge in [0.2, 0.25) is 0 Å². The van der Waals surface area contributed by atoms with Crippen molar-refractivity contribution in [3.05, 3.63) is 56.5 Å². The summed E-state index contributed by atoms with van der Waals surface area (Å²) in [5.41, 5.74) is 3.34. The van der Waals surface area contributed by atoms with Crippen molar-refractivity contribution in [1.29, 1.82) is 0 Å². The lowest BCUT2D eigenvalue weighted by atomic mass is 10.0. The fourth-order valence-corrected chi connectivity index (χ4v) is 3.02. The van der Waals surface area contributed by atoms with E-state index in [9.17, 15) is 4.79 Å². The number of rotatable bonds is 2. The highest BCUT2D eigenvalue weighted by Gasteiger charge is 2.25. The molecule has 5 heteroatoms. The van der Waals surface area contributed by atoms with Crippen LogP contribution in [0.1, 0.15) is 29.8 Å². The fraction of sp³-hybridized carbons (Fsp3) is 0.400. The van der Waals surface area contributed by atoms with Gasteiger partial charge in [0.05, 0.1) is 5.69 Å². The first-order valence-electron chi connectivity index (χ1n) is 6.82. The molecule has 4 nitrogen and oxygen atoms in total. The summed E-state index contributed by atoms with van der Waals surface area (Å²) < 4.78 is 1.85. The molecule has 0 radical (unpaired) electrons. The summed E-state index contributed by atoms with van der Waals surface area (Å²) in [4.78, 5) is 14.1. The predicted molar refractivity (Wildman–Crippen MR) is 80.0 cm³/mol. The minimum atomic E-state index is 0.0568. The Kier molecular flexibility index (Phi) is 3.44. The van der Waals surface area contributed by atoms with Crippen LogP contribution in [-0.4, -0.2) is 21.2 Å². The molecule has 0 fully saturated rings. The van der Waals surface area contributed by atoms with E-state index in [4.69, 9.17) is 11.6 Å². The number of fused-ring (bicyclic) bond motifs is 1. The Hall–Kier alpha value is -1.52. The smallest absolute Gasteiger partial charge is 0.267 e. The molecular formula is C15H18ClN3O. The van der Waals surface area contributed by atoms with Crippen molar-refractivity contribution in [2.75, 3.05) is 6.54 Å². The second kappa shape index (κ2) is 5.11. The molecule has 1 aromatic heterocycles. The summed E-state index contributed by atoms with van der Waals surface area (Å²) in [6.07, 6.45) is 0.809. The third-order valence-electron chi connectivity index (χ3n) is 4.20. The fourth-order valence-electron chi connectivity index (χ4n) is 2.89. The van der Waals surface area contributed by atoms with Crippen LogP contribution in [0.5, 0.6) is 0 Å².